The number of hydrogen-bond donors (Lipinski definition) is 0. The van der Waals surface area contributed by atoms with E-state index in [0.717, 1.165) is 7.11 Å². The van der Waals surface area contributed by atoms with E-state index in [9.17, 15) is 22.8 Å². The van der Waals surface area contributed by atoms with Crippen LogP contribution in [0.4, 0.5) is 13.2 Å². The maximum Gasteiger partial charge on any atom is 0.430 e. The molecule has 2 heterocycles. The molecule has 1 fully saturated rings. The van der Waals surface area contributed by atoms with Crippen molar-refractivity contribution < 1.29 is 32.2 Å². The first kappa shape index (κ1) is 23.0. The van der Waals surface area contributed by atoms with Crippen molar-refractivity contribution >= 4 is 11.9 Å². The van der Waals surface area contributed by atoms with Crippen LogP contribution in [0.3, 0.4) is 0 Å². The third-order valence-corrected chi connectivity index (χ3v) is 6.76. The van der Waals surface area contributed by atoms with Gasteiger partial charge in [0.1, 0.15) is 0 Å². The average Bonchev–Trinajstić information content (AvgIpc) is 3.09. The number of benzene rings is 2. The highest BCUT2D eigenvalue weighted by Crippen LogP contribution is 2.54. The first-order valence-corrected chi connectivity index (χ1v) is 10.6. The Labute approximate surface area is 189 Å². The molecule has 1 amide bonds. The van der Waals surface area contributed by atoms with Gasteiger partial charge < -0.3 is 14.4 Å². The number of carbonyl (C=O) groups is 2. The normalized spacial score (nSPS) is 24.1. The number of methoxy groups -OCH3 is 2. The van der Waals surface area contributed by atoms with Gasteiger partial charge in [-0.15, -0.1) is 0 Å². The molecule has 3 atom stereocenters. The number of rotatable bonds is 5. The quantitative estimate of drug-likeness (QED) is 0.619. The fourth-order valence-electron chi connectivity index (χ4n) is 5.23. The fourth-order valence-corrected chi connectivity index (χ4v) is 5.23. The monoisotopic (exact) mass is 459 g/mol. The molecule has 2 aliphatic heterocycles. The zero-order valence-corrected chi connectivity index (χ0v) is 18.3. The minimum absolute atomic E-state index is 0.190. The Bertz CT molecular complexity index is 1070. The number of amides is 1. The largest absolute Gasteiger partial charge is 0.466 e. The molecule has 174 valence electrons. The number of hydrogen-bond acceptors (Lipinski definition) is 4. The maximum absolute atomic E-state index is 14.7. The average molecular weight is 459 g/mol. The van der Waals surface area contributed by atoms with E-state index in [4.69, 9.17) is 9.47 Å². The predicted molar refractivity (Wildman–Crippen MR) is 114 cm³/mol. The van der Waals surface area contributed by atoms with Crippen LogP contribution in [0.2, 0.25) is 0 Å². The summed E-state index contributed by atoms with van der Waals surface area (Å²) in [5, 5.41) is 0. The second-order valence-corrected chi connectivity index (χ2v) is 8.23. The van der Waals surface area contributed by atoms with Gasteiger partial charge in [0.05, 0.1) is 24.3 Å². The first-order valence-electron chi connectivity index (χ1n) is 10.6. The van der Waals surface area contributed by atoms with E-state index in [2.05, 4.69) is 0 Å². The summed E-state index contributed by atoms with van der Waals surface area (Å²) < 4.78 is 54.1. The minimum Gasteiger partial charge on any atom is -0.466 e. The molecule has 0 aliphatic carbocycles. The van der Waals surface area contributed by atoms with Crippen molar-refractivity contribution in [3.8, 4) is 0 Å². The van der Waals surface area contributed by atoms with E-state index in [-0.39, 0.29) is 17.6 Å². The second kappa shape index (κ2) is 8.33. The summed E-state index contributed by atoms with van der Waals surface area (Å²) in [6.45, 7) is 0. The topological polar surface area (TPSA) is 55.8 Å². The summed E-state index contributed by atoms with van der Waals surface area (Å²) >= 11 is 0. The van der Waals surface area contributed by atoms with Crippen molar-refractivity contribution in [2.24, 2.45) is 0 Å². The van der Waals surface area contributed by atoms with Gasteiger partial charge in [-0.25, -0.2) is 4.79 Å². The highest BCUT2D eigenvalue weighted by molar-refractivity contribution is 5.95. The van der Waals surface area contributed by atoms with Gasteiger partial charge in [-0.3, -0.25) is 4.79 Å². The Kier molecular flexibility index (Phi) is 5.82. The maximum atomic E-state index is 14.7. The van der Waals surface area contributed by atoms with Crippen molar-refractivity contribution in [1.29, 1.82) is 0 Å². The molecule has 33 heavy (non-hydrogen) atoms. The van der Waals surface area contributed by atoms with Crippen LogP contribution >= 0.6 is 0 Å². The van der Waals surface area contributed by atoms with Crippen molar-refractivity contribution in [3.05, 3.63) is 83.4 Å². The molecule has 2 aromatic carbocycles. The molecule has 8 heteroatoms. The highest BCUT2D eigenvalue weighted by Gasteiger charge is 2.68. The van der Waals surface area contributed by atoms with E-state index in [1.807, 2.05) is 0 Å². The molecule has 2 aliphatic rings. The van der Waals surface area contributed by atoms with E-state index in [1.54, 1.807) is 42.5 Å². The molecule has 0 saturated carbocycles. The van der Waals surface area contributed by atoms with Gasteiger partial charge in [0, 0.05) is 12.7 Å². The molecule has 1 saturated heterocycles. The molecule has 5 nitrogen and oxygen atoms in total. The lowest BCUT2D eigenvalue weighted by atomic mass is 9.80. The van der Waals surface area contributed by atoms with Crippen molar-refractivity contribution in [1.82, 2.24) is 4.90 Å². The summed E-state index contributed by atoms with van der Waals surface area (Å²) in [7, 11) is 2.10. The van der Waals surface area contributed by atoms with Crippen LogP contribution in [0.1, 0.15) is 30.4 Å². The minimum atomic E-state index is -5.05. The number of ether oxygens (including phenoxy) is 2. The Morgan fingerprint density at radius 3 is 2.15 bits per heavy atom. The number of esters is 1. The van der Waals surface area contributed by atoms with Crippen LogP contribution in [0, 0.1) is 0 Å². The van der Waals surface area contributed by atoms with Gasteiger partial charge in [-0.1, -0.05) is 66.7 Å². The summed E-state index contributed by atoms with van der Waals surface area (Å²) in [5.74, 6) is -1.90. The molecule has 0 spiro atoms. The molecule has 2 bridgehead atoms. The number of carbonyl (C=O) groups excluding carboxylic acids is 2. The van der Waals surface area contributed by atoms with Crippen LogP contribution in [-0.4, -0.2) is 43.2 Å². The molecule has 2 aromatic rings. The molecule has 0 N–H and O–H groups in total. The summed E-state index contributed by atoms with van der Waals surface area (Å²) in [6, 6.07) is 15.0. The smallest absolute Gasteiger partial charge is 0.430 e. The van der Waals surface area contributed by atoms with Crippen molar-refractivity contribution in [2.45, 2.75) is 42.6 Å². The molecule has 0 unspecified atom stereocenters. The Morgan fingerprint density at radius 1 is 1.00 bits per heavy atom. The van der Waals surface area contributed by atoms with Crippen LogP contribution < -0.4 is 0 Å². The van der Waals surface area contributed by atoms with E-state index >= 15 is 0 Å². The van der Waals surface area contributed by atoms with Gasteiger partial charge in [-0.2, -0.15) is 13.2 Å². The van der Waals surface area contributed by atoms with Gasteiger partial charge in [0.15, 0.2) is 0 Å². The van der Waals surface area contributed by atoms with Crippen LogP contribution in [0.15, 0.2) is 72.3 Å². The molecular formula is C25H24F3NO4. The highest BCUT2D eigenvalue weighted by atomic mass is 19.4. The second-order valence-electron chi connectivity index (χ2n) is 8.23. The number of halogens is 3. The lowest BCUT2D eigenvalue weighted by Gasteiger charge is -2.48. The van der Waals surface area contributed by atoms with Gasteiger partial charge >= 0.3 is 12.1 Å². The van der Waals surface area contributed by atoms with Crippen molar-refractivity contribution in [2.75, 3.05) is 14.2 Å². The van der Waals surface area contributed by atoms with Gasteiger partial charge in [-0.05, 0) is 24.8 Å². The summed E-state index contributed by atoms with van der Waals surface area (Å²) in [4.78, 5) is 27.8. The van der Waals surface area contributed by atoms with Crippen LogP contribution in [-0.2, 0) is 30.2 Å². The third-order valence-electron chi connectivity index (χ3n) is 6.76. The van der Waals surface area contributed by atoms with Gasteiger partial charge in [0.25, 0.3) is 11.5 Å². The van der Waals surface area contributed by atoms with Crippen LogP contribution in [0.5, 0.6) is 0 Å². The molecule has 4 rings (SSSR count). The zero-order valence-electron chi connectivity index (χ0n) is 18.3. The van der Waals surface area contributed by atoms with Crippen molar-refractivity contribution in [3.63, 3.8) is 0 Å². The number of fused-ring (bicyclic) bond motifs is 2. The Morgan fingerprint density at radius 2 is 1.61 bits per heavy atom. The summed E-state index contributed by atoms with van der Waals surface area (Å²) in [6.07, 6.45) is -2.45. The van der Waals surface area contributed by atoms with E-state index in [0.29, 0.717) is 18.4 Å². The van der Waals surface area contributed by atoms with E-state index < -0.39 is 35.2 Å². The Hall–Kier alpha value is -3.13. The molecule has 0 aromatic heterocycles. The number of alkyl halides is 3. The number of nitrogens with zero attached hydrogens (tertiary/aromatic N) is 1. The first-order chi connectivity index (χ1) is 15.7. The standard InChI is InChI=1S/C25H24F3NO4/c1-32-21(30)19-13-15-23(17-9-5-3-6-10-17)16-14-20(19)29(23)22(31)24(33-2,25(26,27)28)18-11-7-4-8-12-18/h3-13,20H,14-16H2,1-2H3/t20-,23-,24-/m1/s1. The predicted octanol–water partition coefficient (Wildman–Crippen LogP) is 4.48. The SMILES string of the molecule is COC(=O)C1=CC[C@]2(c3ccccc3)CC[C@H]1N2C(=O)[C@](OC)(c1ccccc1)C(F)(F)F. The fraction of sp³-hybridized carbons (Fsp3) is 0.360. The third kappa shape index (κ3) is 3.35. The molecule has 0 radical (unpaired) electrons. The van der Waals surface area contributed by atoms with Gasteiger partial charge in [0.2, 0.25) is 0 Å². The summed E-state index contributed by atoms with van der Waals surface area (Å²) in [5.41, 5.74) is -3.68. The lowest BCUT2D eigenvalue weighted by Crippen LogP contribution is -2.63. The Balaban J connectivity index is 1.94. The molecular weight excluding hydrogens is 435 g/mol. The van der Waals surface area contributed by atoms with Crippen LogP contribution in [0.25, 0.3) is 0 Å². The lowest BCUT2D eigenvalue weighted by molar-refractivity contribution is -0.272. The van der Waals surface area contributed by atoms with E-state index in [1.165, 1.54) is 36.3 Å². The zero-order chi connectivity index (χ0) is 23.9.